The first-order chi connectivity index (χ1) is 6.66. The molecule has 0 aliphatic heterocycles. The topological polar surface area (TPSA) is 57.5 Å². The molecule has 14 heavy (non-hydrogen) atoms. The normalized spacial score (nSPS) is 8.79. The van der Waals surface area contributed by atoms with Crippen LogP contribution in [-0.2, 0) is 11.0 Å². The van der Waals surface area contributed by atoms with Crippen molar-refractivity contribution in [3.8, 4) is 0 Å². The lowest BCUT2D eigenvalue weighted by Gasteiger charge is -1.96. The molecule has 3 nitrogen and oxygen atoms in total. The third-order valence-electron chi connectivity index (χ3n) is 1.66. The number of hydrogen-bond donors (Lipinski definition) is 2. The Balaban J connectivity index is 0.000000364. The predicted octanol–water partition coefficient (Wildman–Crippen LogP) is 2.66. The van der Waals surface area contributed by atoms with Crippen LogP contribution in [0.2, 0.25) is 0 Å². The van der Waals surface area contributed by atoms with Gasteiger partial charge in [-0.05, 0) is 18.4 Å². The standard InChI is InChI=1S/C10H14.HO3P/c1-2-3-7-10-8-5-4-6-9-10;1-4(2)3/h4-6,8-9H,2-3,7H2,1H3;(H-,1,2,3)/p+1. The van der Waals surface area contributed by atoms with Crippen molar-refractivity contribution in [1.82, 2.24) is 0 Å². The van der Waals surface area contributed by atoms with E-state index >= 15 is 0 Å². The highest BCUT2D eigenvalue weighted by Gasteiger charge is 1.93. The molecular formula is C10H16O3P+. The highest BCUT2D eigenvalue weighted by Crippen LogP contribution is 2.03. The minimum Gasteiger partial charge on any atom is -0.134 e. The van der Waals surface area contributed by atoms with Gasteiger partial charge in [0.15, 0.2) is 0 Å². The van der Waals surface area contributed by atoms with Crippen LogP contribution in [0.15, 0.2) is 30.3 Å². The van der Waals surface area contributed by atoms with Crippen LogP contribution in [0, 0.1) is 0 Å². The largest absolute Gasteiger partial charge is 0.692 e. The van der Waals surface area contributed by atoms with Gasteiger partial charge in [-0.2, -0.15) is 0 Å². The molecule has 0 radical (unpaired) electrons. The number of benzene rings is 1. The van der Waals surface area contributed by atoms with E-state index in [0.29, 0.717) is 0 Å². The number of unbranched alkanes of at least 4 members (excludes halogenated alkanes) is 1. The fourth-order valence-corrected chi connectivity index (χ4v) is 1.03. The van der Waals surface area contributed by atoms with Crippen LogP contribution in [0.25, 0.3) is 0 Å². The maximum absolute atomic E-state index is 8.70. The first-order valence-electron chi connectivity index (χ1n) is 4.55. The lowest BCUT2D eigenvalue weighted by Crippen LogP contribution is -1.81. The zero-order valence-corrected chi connectivity index (χ0v) is 9.15. The summed E-state index contributed by atoms with van der Waals surface area (Å²) in [6.45, 7) is 2.23. The molecule has 0 bridgehead atoms. The van der Waals surface area contributed by atoms with E-state index in [1.165, 1.54) is 24.8 Å². The van der Waals surface area contributed by atoms with Gasteiger partial charge in [0, 0.05) is 4.57 Å². The smallest absolute Gasteiger partial charge is 0.134 e. The molecule has 2 N–H and O–H groups in total. The van der Waals surface area contributed by atoms with E-state index in [2.05, 4.69) is 37.3 Å². The van der Waals surface area contributed by atoms with Gasteiger partial charge in [0.25, 0.3) is 0 Å². The van der Waals surface area contributed by atoms with Crippen molar-refractivity contribution in [1.29, 1.82) is 0 Å². The molecule has 0 atom stereocenters. The Bertz CT molecular complexity index is 245. The Morgan fingerprint density at radius 3 is 2.14 bits per heavy atom. The number of rotatable bonds is 3. The number of hydrogen-bond acceptors (Lipinski definition) is 1. The Hall–Kier alpha value is -0.760. The van der Waals surface area contributed by atoms with Crippen LogP contribution in [0.3, 0.4) is 0 Å². The van der Waals surface area contributed by atoms with Crippen molar-refractivity contribution in [2.24, 2.45) is 0 Å². The van der Waals surface area contributed by atoms with Crippen LogP contribution in [-0.4, -0.2) is 9.79 Å². The summed E-state index contributed by atoms with van der Waals surface area (Å²) >= 11 is 0. The molecule has 0 aliphatic carbocycles. The van der Waals surface area contributed by atoms with Gasteiger partial charge in [-0.3, -0.25) is 0 Å². The second-order valence-corrected chi connectivity index (χ2v) is 3.35. The minimum absolute atomic E-state index is 1.23. The molecule has 0 amide bonds. The second-order valence-electron chi connectivity index (χ2n) is 2.84. The molecule has 0 aromatic heterocycles. The molecule has 0 spiro atoms. The molecule has 78 valence electrons. The summed E-state index contributed by atoms with van der Waals surface area (Å²) in [5.74, 6) is 0. The fraction of sp³-hybridized carbons (Fsp3) is 0.400. The van der Waals surface area contributed by atoms with Gasteiger partial charge in [0.1, 0.15) is 0 Å². The SMILES string of the molecule is CCCCc1ccccc1.O=[P+](O)O. The first kappa shape index (κ1) is 13.2. The van der Waals surface area contributed by atoms with E-state index in [4.69, 9.17) is 14.4 Å². The van der Waals surface area contributed by atoms with Gasteiger partial charge in [-0.15, -0.1) is 9.79 Å². The molecule has 0 saturated carbocycles. The lowest BCUT2D eigenvalue weighted by molar-refractivity contribution is 0.405. The third-order valence-corrected chi connectivity index (χ3v) is 1.66. The fourth-order valence-electron chi connectivity index (χ4n) is 1.03. The summed E-state index contributed by atoms with van der Waals surface area (Å²) in [6, 6.07) is 10.6. The quantitative estimate of drug-likeness (QED) is 0.762. The molecule has 1 aromatic rings. The molecule has 0 heterocycles. The van der Waals surface area contributed by atoms with E-state index in [1.807, 2.05) is 0 Å². The lowest BCUT2D eigenvalue weighted by atomic mass is 10.1. The van der Waals surface area contributed by atoms with Crippen LogP contribution in [0.1, 0.15) is 25.3 Å². The highest BCUT2D eigenvalue weighted by atomic mass is 31.1. The zero-order valence-electron chi connectivity index (χ0n) is 8.26. The average Bonchev–Trinajstić information content (AvgIpc) is 2.15. The van der Waals surface area contributed by atoms with Crippen LogP contribution in [0.5, 0.6) is 0 Å². The Morgan fingerprint density at radius 1 is 1.21 bits per heavy atom. The van der Waals surface area contributed by atoms with Gasteiger partial charge >= 0.3 is 8.25 Å². The van der Waals surface area contributed by atoms with E-state index < -0.39 is 8.25 Å². The summed E-state index contributed by atoms with van der Waals surface area (Å²) in [7, 11) is -2.87. The van der Waals surface area contributed by atoms with Crippen LogP contribution in [0.4, 0.5) is 0 Å². The summed E-state index contributed by atoms with van der Waals surface area (Å²) in [5.41, 5.74) is 1.46. The minimum atomic E-state index is -2.87. The van der Waals surface area contributed by atoms with Crippen LogP contribution < -0.4 is 0 Å². The molecule has 1 rings (SSSR count). The highest BCUT2D eigenvalue weighted by molar-refractivity contribution is 7.30. The number of aryl methyl sites for hydroxylation is 1. The van der Waals surface area contributed by atoms with Crippen molar-refractivity contribution in [3.63, 3.8) is 0 Å². The van der Waals surface area contributed by atoms with Crippen LogP contribution >= 0.6 is 8.25 Å². The van der Waals surface area contributed by atoms with Gasteiger partial charge in [0.2, 0.25) is 0 Å². The van der Waals surface area contributed by atoms with Crippen molar-refractivity contribution in [2.45, 2.75) is 26.2 Å². The van der Waals surface area contributed by atoms with Gasteiger partial charge < -0.3 is 0 Å². The summed E-state index contributed by atoms with van der Waals surface area (Å²) < 4.78 is 8.70. The molecular weight excluding hydrogens is 199 g/mol. The summed E-state index contributed by atoms with van der Waals surface area (Å²) in [4.78, 5) is 14.2. The van der Waals surface area contributed by atoms with E-state index in [9.17, 15) is 0 Å². The second kappa shape index (κ2) is 8.82. The van der Waals surface area contributed by atoms with E-state index in [1.54, 1.807) is 0 Å². The predicted molar refractivity (Wildman–Crippen MR) is 57.1 cm³/mol. The summed E-state index contributed by atoms with van der Waals surface area (Å²) in [5, 5.41) is 0. The van der Waals surface area contributed by atoms with Crippen molar-refractivity contribution in [2.75, 3.05) is 0 Å². The van der Waals surface area contributed by atoms with E-state index in [0.717, 1.165) is 0 Å². The zero-order chi connectivity index (χ0) is 10.8. The summed E-state index contributed by atoms with van der Waals surface area (Å²) in [6.07, 6.45) is 3.83. The van der Waals surface area contributed by atoms with Gasteiger partial charge in [-0.25, -0.2) is 0 Å². The monoisotopic (exact) mass is 215 g/mol. The Morgan fingerprint density at radius 2 is 1.71 bits per heavy atom. The van der Waals surface area contributed by atoms with Gasteiger partial charge in [0.05, 0.1) is 0 Å². The molecule has 0 fully saturated rings. The molecule has 0 unspecified atom stereocenters. The molecule has 0 aliphatic rings. The first-order valence-corrected chi connectivity index (χ1v) is 5.72. The van der Waals surface area contributed by atoms with Crippen molar-refractivity contribution < 1.29 is 14.4 Å². The molecule has 1 aromatic carbocycles. The Kier molecular flexibility index (Phi) is 8.34. The maximum Gasteiger partial charge on any atom is 0.692 e. The van der Waals surface area contributed by atoms with Gasteiger partial charge in [-0.1, -0.05) is 43.7 Å². The maximum atomic E-state index is 8.70. The van der Waals surface area contributed by atoms with Crippen molar-refractivity contribution in [3.05, 3.63) is 35.9 Å². The average molecular weight is 215 g/mol. The van der Waals surface area contributed by atoms with E-state index in [-0.39, 0.29) is 0 Å². The third kappa shape index (κ3) is 9.33. The van der Waals surface area contributed by atoms with Crippen molar-refractivity contribution >= 4 is 8.25 Å². The Labute approximate surface area is 85.4 Å². The molecule has 0 saturated heterocycles. The molecule has 4 heteroatoms.